The van der Waals surface area contributed by atoms with Crippen LogP contribution >= 0.6 is 0 Å². The molecule has 2 aromatic rings. The van der Waals surface area contributed by atoms with Crippen LogP contribution < -0.4 is 4.74 Å². The van der Waals surface area contributed by atoms with Gasteiger partial charge in [-0.3, -0.25) is 4.98 Å². The predicted octanol–water partition coefficient (Wildman–Crippen LogP) is 3.86. The number of aromatic nitrogens is 1. The summed E-state index contributed by atoms with van der Waals surface area (Å²) in [5, 5.41) is 0. The number of hydrogen-bond acceptors (Lipinski definition) is 2. The fraction of sp³-hybridized carbons (Fsp3) is 0.312. The summed E-state index contributed by atoms with van der Waals surface area (Å²) in [7, 11) is 0. The van der Waals surface area contributed by atoms with Gasteiger partial charge < -0.3 is 4.74 Å². The second-order valence-electron chi connectivity index (χ2n) is 4.86. The quantitative estimate of drug-likeness (QED) is 0.793. The van der Waals surface area contributed by atoms with Crippen molar-refractivity contribution in [2.45, 2.75) is 26.9 Å². The van der Waals surface area contributed by atoms with Crippen molar-refractivity contribution >= 4 is 0 Å². The average Bonchev–Trinajstić information content (AvgIpc) is 2.37. The molecule has 94 valence electrons. The molecule has 0 amide bonds. The van der Waals surface area contributed by atoms with Crippen molar-refractivity contribution in [1.29, 1.82) is 0 Å². The number of rotatable bonds is 5. The van der Waals surface area contributed by atoms with Gasteiger partial charge in [-0.05, 0) is 42.2 Å². The maximum Gasteiger partial charge on any atom is 0.130 e. The first-order chi connectivity index (χ1) is 8.74. The fourth-order valence-corrected chi connectivity index (χ4v) is 1.87. The molecule has 0 saturated heterocycles. The van der Waals surface area contributed by atoms with Crippen LogP contribution in [0.2, 0.25) is 0 Å². The average molecular weight is 241 g/mol. The lowest BCUT2D eigenvalue weighted by Gasteiger charge is -2.09. The highest BCUT2D eigenvalue weighted by atomic mass is 16.5. The fourth-order valence-electron chi connectivity index (χ4n) is 1.87. The van der Waals surface area contributed by atoms with Gasteiger partial charge in [-0.15, -0.1) is 0 Å². The van der Waals surface area contributed by atoms with Crippen LogP contribution in [0.3, 0.4) is 0 Å². The number of ether oxygens (including phenoxy) is 1. The number of nitrogens with zero attached hydrogens (tertiary/aromatic N) is 1. The van der Waals surface area contributed by atoms with Gasteiger partial charge in [-0.2, -0.15) is 0 Å². The van der Waals surface area contributed by atoms with E-state index in [-0.39, 0.29) is 0 Å². The van der Waals surface area contributed by atoms with Gasteiger partial charge in [0.2, 0.25) is 0 Å². The highest BCUT2D eigenvalue weighted by Gasteiger charge is 2.01. The highest BCUT2D eigenvalue weighted by Crippen LogP contribution is 2.17. The van der Waals surface area contributed by atoms with Crippen LogP contribution in [0, 0.1) is 5.92 Å². The molecule has 2 heteroatoms. The smallest absolute Gasteiger partial charge is 0.130 e. The molecule has 0 N–H and O–H groups in total. The predicted molar refractivity (Wildman–Crippen MR) is 73.6 cm³/mol. The zero-order valence-corrected chi connectivity index (χ0v) is 11.0. The molecule has 0 aliphatic heterocycles. The van der Waals surface area contributed by atoms with Crippen LogP contribution in [0.1, 0.15) is 25.1 Å². The van der Waals surface area contributed by atoms with Crippen LogP contribution in [0.4, 0.5) is 0 Å². The van der Waals surface area contributed by atoms with E-state index in [1.807, 2.05) is 30.3 Å². The number of pyridine rings is 1. The Kier molecular flexibility index (Phi) is 4.35. The minimum Gasteiger partial charge on any atom is -0.487 e. The highest BCUT2D eigenvalue weighted by molar-refractivity contribution is 5.28. The molecule has 1 aromatic carbocycles. The Morgan fingerprint density at radius 1 is 1.11 bits per heavy atom. The van der Waals surface area contributed by atoms with Gasteiger partial charge in [0.25, 0.3) is 0 Å². The van der Waals surface area contributed by atoms with Crippen LogP contribution in [-0.4, -0.2) is 4.98 Å². The third kappa shape index (κ3) is 3.88. The van der Waals surface area contributed by atoms with Crippen molar-refractivity contribution in [2.75, 3.05) is 0 Å². The third-order valence-electron chi connectivity index (χ3n) is 2.66. The normalized spacial score (nSPS) is 10.6. The molecule has 2 nitrogen and oxygen atoms in total. The molecule has 0 atom stereocenters. The van der Waals surface area contributed by atoms with Crippen LogP contribution in [-0.2, 0) is 13.0 Å². The SMILES string of the molecule is CC(C)Cc1cccc(OCc2ccccn2)c1. The molecule has 0 unspecified atom stereocenters. The first-order valence-corrected chi connectivity index (χ1v) is 6.35. The van der Waals surface area contributed by atoms with Crippen molar-refractivity contribution in [3.63, 3.8) is 0 Å². The summed E-state index contributed by atoms with van der Waals surface area (Å²) in [4.78, 5) is 4.24. The molecule has 0 aliphatic carbocycles. The van der Waals surface area contributed by atoms with E-state index in [4.69, 9.17) is 4.74 Å². The molecule has 0 spiro atoms. The van der Waals surface area contributed by atoms with E-state index < -0.39 is 0 Å². The van der Waals surface area contributed by atoms with Crippen molar-refractivity contribution in [3.05, 3.63) is 59.9 Å². The first-order valence-electron chi connectivity index (χ1n) is 6.35. The molecule has 0 fully saturated rings. The molecule has 18 heavy (non-hydrogen) atoms. The zero-order valence-electron chi connectivity index (χ0n) is 11.0. The molecule has 0 bridgehead atoms. The lowest BCUT2D eigenvalue weighted by atomic mass is 10.0. The summed E-state index contributed by atoms with van der Waals surface area (Å²) < 4.78 is 5.75. The summed E-state index contributed by atoms with van der Waals surface area (Å²) in [6.07, 6.45) is 2.87. The van der Waals surface area contributed by atoms with Crippen molar-refractivity contribution < 1.29 is 4.74 Å². The van der Waals surface area contributed by atoms with E-state index in [2.05, 4.69) is 31.0 Å². The Morgan fingerprint density at radius 3 is 2.72 bits per heavy atom. The molecular formula is C16H19NO. The van der Waals surface area contributed by atoms with Crippen LogP contribution in [0.25, 0.3) is 0 Å². The Labute approximate surface area is 109 Å². The number of benzene rings is 1. The van der Waals surface area contributed by atoms with Crippen LogP contribution in [0.5, 0.6) is 5.75 Å². The largest absolute Gasteiger partial charge is 0.487 e. The summed E-state index contributed by atoms with van der Waals surface area (Å²) in [5.74, 6) is 1.58. The second kappa shape index (κ2) is 6.20. The Morgan fingerprint density at radius 2 is 2.00 bits per heavy atom. The standard InChI is InChI=1S/C16H19NO/c1-13(2)10-14-6-5-8-16(11-14)18-12-15-7-3-4-9-17-15/h3-9,11,13H,10,12H2,1-2H3. The molecule has 2 rings (SSSR count). The number of hydrogen-bond donors (Lipinski definition) is 0. The zero-order chi connectivity index (χ0) is 12.8. The first kappa shape index (κ1) is 12.6. The van der Waals surface area contributed by atoms with E-state index in [0.29, 0.717) is 12.5 Å². The third-order valence-corrected chi connectivity index (χ3v) is 2.66. The topological polar surface area (TPSA) is 22.1 Å². The minimum absolute atomic E-state index is 0.520. The van der Waals surface area contributed by atoms with E-state index in [0.717, 1.165) is 17.9 Å². The van der Waals surface area contributed by atoms with Gasteiger partial charge in [-0.25, -0.2) is 0 Å². The minimum atomic E-state index is 0.520. The van der Waals surface area contributed by atoms with Gasteiger partial charge in [0.05, 0.1) is 5.69 Å². The van der Waals surface area contributed by atoms with Gasteiger partial charge in [-0.1, -0.05) is 32.0 Å². The van der Waals surface area contributed by atoms with Gasteiger partial charge >= 0.3 is 0 Å². The van der Waals surface area contributed by atoms with Crippen molar-refractivity contribution in [3.8, 4) is 5.75 Å². The lowest BCUT2D eigenvalue weighted by Crippen LogP contribution is -1.99. The molecule has 0 saturated carbocycles. The molecule has 1 aromatic heterocycles. The van der Waals surface area contributed by atoms with Crippen molar-refractivity contribution in [1.82, 2.24) is 4.98 Å². The maximum absolute atomic E-state index is 5.75. The van der Waals surface area contributed by atoms with Gasteiger partial charge in [0.1, 0.15) is 12.4 Å². The summed E-state index contributed by atoms with van der Waals surface area (Å²) in [5.41, 5.74) is 2.27. The van der Waals surface area contributed by atoms with Crippen molar-refractivity contribution in [2.24, 2.45) is 5.92 Å². The van der Waals surface area contributed by atoms with E-state index in [1.54, 1.807) is 6.20 Å². The van der Waals surface area contributed by atoms with Crippen LogP contribution in [0.15, 0.2) is 48.7 Å². The summed E-state index contributed by atoms with van der Waals surface area (Å²) >= 11 is 0. The second-order valence-corrected chi connectivity index (χ2v) is 4.86. The summed E-state index contributed by atoms with van der Waals surface area (Å²) in [6.45, 7) is 4.97. The molecular weight excluding hydrogens is 222 g/mol. The van der Waals surface area contributed by atoms with E-state index in [9.17, 15) is 0 Å². The monoisotopic (exact) mass is 241 g/mol. The Balaban J connectivity index is 1.97. The molecule has 1 heterocycles. The molecule has 0 radical (unpaired) electrons. The van der Waals surface area contributed by atoms with E-state index >= 15 is 0 Å². The Bertz CT molecular complexity index is 479. The molecule has 0 aliphatic rings. The van der Waals surface area contributed by atoms with Gasteiger partial charge in [0, 0.05) is 6.20 Å². The Hall–Kier alpha value is -1.83. The lowest BCUT2D eigenvalue weighted by molar-refractivity contribution is 0.301. The summed E-state index contributed by atoms with van der Waals surface area (Å²) in [6, 6.07) is 14.2. The maximum atomic E-state index is 5.75. The van der Waals surface area contributed by atoms with E-state index in [1.165, 1.54) is 5.56 Å². The van der Waals surface area contributed by atoms with Gasteiger partial charge in [0.15, 0.2) is 0 Å².